The largest absolute Gasteiger partial charge is 0.375 e. The van der Waals surface area contributed by atoms with Gasteiger partial charge in [-0.05, 0) is 24.6 Å². The zero-order valence-corrected chi connectivity index (χ0v) is 12.4. The SMILES string of the molecule is CCn1c(-c2ccccc2)ccc(-c2csc(N)n2)c1=O. The highest BCUT2D eigenvalue weighted by Gasteiger charge is 2.12. The van der Waals surface area contributed by atoms with Crippen molar-refractivity contribution in [3.05, 3.63) is 58.2 Å². The molecule has 0 amide bonds. The van der Waals surface area contributed by atoms with Crippen LogP contribution in [0.1, 0.15) is 6.92 Å². The van der Waals surface area contributed by atoms with Crippen molar-refractivity contribution in [1.82, 2.24) is 9.55 Å². The molecule has 0 spiro atoms. The van der Waals surface area contributed by atoms with Gasteiger partial charge in [0.2, 0.25) is 0 Å². The van der Waals surface area contributed by atoms with Gasteiger partial charge in [-0.3, -0.25) is 4.79 Å². The first-order chi connectivity index (χ1) is 10.2. The van der Waals surface area contributed by atoms with Gasteiger partial charge in [-0.2, -0.15) is 0 Å². The minimum absolute atomic E-state index is 0.0378. The van der Waals surface area contributed by atoms with Crippen LogP contribution in [0.5, 0.6) is 0 Å². The van der Waals surface area contributed by atoms with Crippen molar-refractivity contribution in [3.8, 4) is 22.5 Å². The Balaban J connectivity index is 2.19. The molecule has 3 aromatic rings. The predicted octanol–water partition coefficient (Wildman–Crippen LogP) is 3.24. The molecule has 2 heterocycles. The zero-order chi connectivity index (χ0) is 14.8. The van der Waals surface area contributed by atoms with Crippen LogP contribution >= 0.6 is 11.3 Å². The summed E-state index contributed by atoms with van der Waals surface area (Å²) >= 11 is 1.34. The first-order valence-corrected chi connectivity index (χ1v) is 7.59. The first-order valence-electron chi connectivity index (χ1n) is 6.71. The summed E-state index contributed by atoms with van der Waals surface area (Å²) < 4.78 is 1.76. The number of hydrogen-bond acceptors (Lipinski definition) is 4. The van der Waals surface area contributed by atoms with Crippen LogP contribution in [0.4, 0.5) is 5.13 Å². The molecule has 21 heavy (non-hydrogen) atoms. The molecule has 5 heteroatoms. The summed E-state index contributed by atoms with van der Waals surface area (Å²) in [4.78, 5) is 16.9. The summed E-state index contributed by atoms with van der Waals surface area (Å²) in [5, 5.41) is 2.29. The number of benzene rings is 1. The minimum Gasteiger partial charge on any atom is -0.375 e. The molecule has 2 aromatic heterocycles. The molecule has 0 radical (unpaired) electrons. The summed E-state index contributed by atoms with van der Waals surface area (Å²) in [6.07, 6.45) is 0. The monoisotopic (exact) mass is 297 g/mol. The van der Waals surface area contributed by atoms with Gasteiger partial charge in [0, 0.05) is 11.9 Å². The fourth-order valence-electron chi connectivity index (χ4n) is 2.36. The van der Waals surface area contributed by atoms with Gasteiger partial charge in [-0.15, -0.1) is 11.3 Å². The van der Waals surface area contributed by atoms with Crippen LogP contribution in [0.3, 0.4) is 0 Å². The van der Waals surface area contributed by atoms with Crippen LogP contribution in [0, 0.1) is 0 Å². The molecule has 0 unspecified atom stereocenters. The lowest BCUT2D eigenvalue weighted by molar-refractivity contribution is 0.737. The summed E-state index contributed by atoms with van der Waals surface area (Å²) in [5.74, 6) is 0. The third-order valence-corrected chi connectivity index (χ3v) is 4.03. The van der Waals surface area contributed by atoms with E-state index in [1.54, 1.807) is 4.57 Å². The van der Waals surface area contributed by atoms with E-state index in [0.29, 0.717) is 22.9 Å². The second kappa shape index (κ2) is 5.54. The maximum atomic E-state index is 12.7. The summed E-state index contributed by atoms with van der Waals surface area (Å²) in [6, 6.07) is 13.7. The van der Waals surface area contributed by atoms with Crippen LogP contribution in [-0.4, -0.2) is 9.55 Å². The number of nitrogens with two attached hydrogens (primary N) is 1. The average Bonchev–Trinajstić information content (AvgIpc) is 2.94. The van der Waals surface area contributed by atoms with Crippen molar-refractivity contribution in [2.75, 3.05) is 5.73 Å². The van der Waals surface area contributed by atoms with E-state index in [1.165, 1.54) is 11.3 Å². The Morgan fingerprint density at radius 1 is 1.19 bits per heavy atom. The molecule has 0 atom stereocenters. The number of pyridine rings is 1. The van der Waals surface area contributed by atoms with Crippen LogP contribution < -0.4 is 11.3 Å². The molecular formula is C16H15N3OS. The normalized spacial score (nSPS) is 10.7. The quantitative estimate of drug-likeness (QED) is 0.807. The molecule has 0 fully saturated rings. The highest BCUT2D eigenvalue weighted by Crippen LogP contribution is 2.23. The molecule has 0 aliphatic carbocycles. The van der Waals surface area contributed by atoms with Crippen molar-refractivity contribution in [2.45, 2.75) is 13.5 Å². The second-order valence-electron chi connectivity index (χ2n) is 4.62. The molecule has 0 aliphatic heterocycles. The Kier molecular flexibility index (Phi) is 3.58. The Morgan fingerprint density at radius 2 is 1.95 bits per heavy atom. The van der Waals surface area contributed by atoms with E-state index in [-0.39, 0.29) is 5.56 Å². The smallest absolute Gasteiger partial charge is 0.260 e. The molecule has 4 nitrogen and oxygen atoms in total. The van der Waals surface area contributed by atoms with E-state index in [2.05, 4.69) is 4.98 Å². The minimum atomic E-state index is -0.0378. The van der Waals surface area contributed by atoms with Crippen LogP contribution in [0.2, 0.25) is 0 Å². The molecule has 3 rings (SSSR count). The third-order valence-electron chi connectivity index (χ3n) is 3.36. The van der Waals surface area contributed by atoms with Crippen LogP contribution in [0.15, 0.2) is 52.6 Å². The number of nitrogen functional groups attached to an aromatic ring is 1. The number of hydrogen-bond donors (Lipinski definition) is 1. The van der Waals surface area contributed by atoms with Crippen LogP contribution in [0.25, 0.3) is 22.5 Å². The zero-order valence-electron chi connectivity index (χ0n) is 11.6. The number of rotatable bonds is 3. The second-order valence-corrected chi connectivity index (χ2v) is 5.51. The molecule has 0 saturated carbocycles. The number of aromatic nitrogens is 2. The molecular weight excluding hydrogens is 282 g/mol. The van der Waals surface area contributed by atoms with Crippen molar-refractivity contribution in [3.63, 3.8) is 0 Å². The molecule has 1 aromatic carbocycles. The maximum absolute atomic E-state index is 12.7. The highest BCUT2D eigenvalue weighted by molar-refractivity contribution is 7.13. The standard InChI is InChI=1S/C16H15N3OS/c1-2-19-14(11-6-4-3-5-7-11)9-8-12(15(19)20)13-10-21-16(17)18-13/h3-10H,2H2,1H3,(H2,17,18). The molecule has 0 aliphatic rings. The van der Waals surface area contributed by atoms with Gasteiger partial charge in [0.25, 0.3) is 5.56 Å². The lowest BCUT2D eigenvalue weighted by Crippen LogP contribution is -2.22. The van der Waals surface area contributed by atoms with Crippen molar-refractivity contribution < 1.29 is 0 Å². The van der Waals surface area contributed by atoms with Crippen molar-refractivity contribution in [1.29, 1.82) is 0 Å². The van der Waals surface area contributed by atoms with Gasteiger partial charge in [0.15, 0.2) is 5.13 Å². The predicted molar refractivity (Wildman–Crippen MR) is 87.3 cm³/mol. The van der Waals surface area contributed by atoms with Gasteiger partial charge in [0.05, 0.1) is 17.0 Å². The number of anilines is 1. The summed E-state index contributed by atoms with van der Waals surface area (Å²) in [6.45, 7) is 2.57. The number of thiazole rings is 1. The maximum Gasteiger partial charge on any atom is 0.260 e. The Morgan fingerprint density at radius 3 is 2.57 bits per heavy atom. The Hall–Kier alpha value is -2.40. The van der Waals surface area contributed by atoms with Crippen molar-refractivity contribution in [2.24, 2.45) is 0 Å². The molecule has 0 saturated heterocycles. The van der Waals surface area contributed by atoms with E-state index < -0.39 is 0 Å². The van der Waals surface area contributed by atoms with Gasteiger partial charge >= 0.3 is 0 Å². The van der Waals surface area contributed by atoms with Gasteiger partial charge in [-0.25, -0.2) is 4.98 Å². The lowest BCUT2D eigenvalue weighted by Gasteiger charge is -2.12. The summed E-state index contributed by atoms with van der Waals surface area (Å²) in [5.41, 5.74) is 8.79. The fraction of sp³-hybridized carbons (Fsp3) is 0.125. The Bertz CT molecular complexity index is 821. The molecule has 106 valence electrons. The van der Waals surface area contributed by atoms with E-state index in [0.717, 1.165) is 11.3 Å². The topological polar surface area (TPSA) is 60.9 Å². The Labute approximate surface area is 126 Å². The van der Waals surface area contributed by atoms with Gasteiger partial charge < -0.3 is 10.3 Å². The van der Waals surface area contributed by atoms with Gasteiger partial charge in [0.1, 0.15) is 0 Å². The van der Waals surface area contributed by atoms with Crippen LogP contribution in [-0.2, 0) is 6.54 Å². The lowest BCUT2D eigenvalue weighted by atomic mass is 10.1. The molecule has 0 bridgehead atoms. The average molecular weight is 297 g/mol. The summed E-state index contributed by atoms with van der Waals surface area (Å²) in [7, 11) is 0. The third kappa shape index (κ3) is 2.48. The van der Waals surface area contributed by atoms with Gasteiger partial charge in [-0.1, -0.05) is 30.3 Å². The van der Waals surface area contributed by atoms with Crippen molar-refractivity contribution >= 4 is 16.5 Å². The van der Waals surface area contributed by atoms with E-state index >= 15 is 0 Å². The van der Waals surface area contributed by atoms with E-state index in [4.69, 9.17) is 5.73 Å². The van der Waals surface area contributed by atoms with E-state index in [9.17, 15) is 4.79 Å². The van der Waals surface area contributed by atoms with E-state index in [1.807, 2.05) is 54.8 Å². The molecule has 2 N–H and O–H groups in total. The first kappa shape index (κ1) is 13.6. The fourth-order valence-corrected chi connectivity index (χ4v) is 2.92. The number of nitrogens with zero attached hydrogens (tertiary/aromatic N) is 2. The highest BCUT2D eigenvalue weighted by atomic mass is 32.1.